The van der Waals surface area contributed by atoms with E-state index in [1.165, 1.54) is 11.6 Å². The quantitative estimate of drug-likeness (QED) is 0.747. The van der Waals surface area contributed by atoms with Crippen LogP contribution < -0.4 is 10.6 Å². The number of nitroso groups, excluding NO2 is 1. The first kappa shape index (κ1) is 15.3. The van der Waals surface area contributed by atoms with E-state index in [2.05, 4.69) is 29.5 Å². The zero-order valence-corrected chi connectivity index (χ0v) is 13.6. The lowest BCUT2D eigenvalue weighted by Gasteiger charge is -2.03. The summed E-state index contributed by atoms with van der Waals surface area (Å²) in [6.45, 7) is 0.685. The average molecular weight is 331 g/mol. The van der Waals surface area contributed by atoms with Crippen molar-refractivity contribution in [3.8, 4) is 17.0 Å². The molecule has 0 atom stereocenters. The molecule has 1 aromatic heterocycles. The zero-order valence-electron chi connectivity index (χ0n) is 13.6. The van der Waals surface area contributed by atoms with Gasteiger partial charge >= 0.3 is 0 Å². The molecular formula is C20H17N3O2. The Morgan fingerprint density at radius 1 is 1.08 bits per heavy atom. The van der Waals surface area contributed by atoms with Crippen LogP contribution in [0.1, 0.15) is 18.4 Å². The SMILES string of the molecule is O=Nc1cc(-c2nn(Cc3ccccc3)c3c2=CCCC=3)ccc1O. The van der Waals surface area contributed by atoms with Crippen LogP contribution in [0, 0.1) is 4.91 Å². The highest BCUT2D eigenvalue weighted by atomic mass is 16.3. The Balaban J connectivity index is 1.86. The molecule has 25 heavy (non-hydrogen) atoms. The first-order valence-corrected chi connectivity index (χ1v) is 8.24. The van der Waals surface area contributed by atoms with E-state index in [-0.39, 0.29) is 11.4 Å². The second-order valence-electron chi connectivity index (χ2n) is 6.07. The normalized spacial score (nSPS) is 12.8. The van der Waals surface area contributed by atoms with Crippen LogP contribution in [0.3, 0.4) is 0 Å². The first-order chi connectivity index (χ1) is 12.3. The Morgan fingerprint density at radius 2 is 1.88 bits per heavy atom. The molecule has 0 unspecified atom stereocenters. The van der Waals surface area contributed by atoms with E-state index >= 15 is 0 Å². The van der Waals surface area contributed by atoms with Crippen molar-refractivity contribution in [2.75, 3.05) is 0 Å². The summed E-state index contributed by atoms with van der Waals surface area (Å²) in [5.41, 5.74) is 2.80. The summed E-state index contributed by atoms with van der Waals surface area (Å²) in [5, 5.41) is 19.5. The molecule has 3 aromatic rings. The highest BCUT2D eigenvalue weighted by molar-refractivity contribution is 5.69. The van der Waals surface area contributed by atoms with Crippen molar-refractivity contribution in [2.24, 2.45) is 5.18 Å². The van der Waals surface area contributed by atoms with Crippen LogP contribution in [0.2, 0.25) is 0 Å². The van der Waals surface area contributed by atoms with Gasteiger partial charge in [0.15, 0.2) is 0 Å². The van der Waals surface area contributed by atoms with Gasteiger partial charge in [-0.25, -0.2) is 0 Å². The third kappa shape index (κ3) is 2.85. The van der Waals surface area contributed by atoms with E-state index in [1.54, 1.807) is 12.1 Å². The molecule has 5 heteroatoms. The molecule has 124 valence electrons. The van der Waals surface area contributed by atoms with Crippen LogP contribution in [0.5, 0.6) is 5.75 Å². The Labute approximate surface area is 144 Å². The zero-order chi connectivity index (χ0) is 17.2. The Bertz CT molecular complexity index is 1050. The van der Waals surface area contributed by atoms with Crippen LogP contribution >= 0.6 is 0 Å². The predicted molar refractivity (Wildman–Crippen MR) is 97.7 cm³/mol. The number of benzene rings is 2. The van der Waals surface area contributed by atoms with Gasteiger partial charge in [0, 0.05) is 10.8 Å². The van der Waals surface area contributed by atoms with Gasteiger partial charge in [-0.3, -0.25) is 4.68 Å². The van der Waals surface area contributed by atoms with Crippen molar-refractivity contribution < 1.29 is 5.11 Å². The molecular weight excluding hydrogens is 314 g/mol. The van der Waals surface area contributed by atoms with E-state index in [0.717, 1.165) is 34.7 Å². The highest BCUT2D eigenvalue weighted by Crippen LogP contribution is 2.30. The second kappa shape index (κ2) is 6.36. The fourth-order valence-electron chi connectivity index (χ4n) is 3.19. The van der Waals surface area contributed by atoms with Crippen LogP contribution in [-0.2, 0) is 6.54 Å². The molecule has 0 radical (unpaired) electrons. The third-order valence-corrected chi connectivity index (χ3v) is 4.41. The lowest BCUT2D eigenvalue weighted by molar-refractivity contribution is 0.477. The standard InChI is InChI=1S/C20H17N3O2/c24-19-11-10-15(12-17(19)22-25)20-16-8-4-5-9-18(16)23(21-20)13-14-6-2-1-3-7-14/h1-3,6-12,24H,4-5,13H2. The number of hydrogen-bond acceptors (Lipinski definition) is 4. The first-order valence-electron chi connectivity index (χ1n) is 8.24. The van der Waals surface area contributed by atoms with E-state index < -0.39 is 0 Å². The number of fused-ring (bicyclic) bond motifs is 1. The van der Waals surface area contributed by atoms with Crippen molar-refractivity contribution in [2.45, 2.75) is 19.4 Å². The predicted octanol–water partition coefficient (Wildman–Crippen LogP) is 3.06. The van der Waals surface area contributed by atoms with Gasteiger partial charge in [0.2, 0.25) is 0 Å². The van der Waals surface area contributed by atoms with Gasteiger partial charge in [-0.2, -0.15) is 5.10 Å². The van der Waals surface area contributed by atoms with Crippen molar-refractivity contribution in [3.63, 3.8) is 0 Å². The maximum atomic E-state index is 10.9. The van der Waals surface area contributed by atoms with Crippen LogP contribution in [0.4, 0.5) is 5.69 Å². The Kier molecular flexibility index (Phi) is 3.90. The molecule has 4 rings (SSSR count). The van der Waals surface area contributed by atoms with Gasteiger partial charge in [0.05, 0.1) is 17.6 Å². The smallest absolute Gasteiger partial charge is 0.150 e. The van der Waals surface area contributed by atoms with Gasteiger partial charge in [0.1, 0.15) is 11.4 Å². The molecule has 0 saturated carbocycles. The summed E-state index contributed by atoms with van der Waals surface area (Å²) in [7, 11) is 0. The largest absolute Gasteiger partial charge is 0.506 e. The summed E-state index contributed by atoms with van der Waals surface area (Å²) in [6, 6.07) is 15.0. The number of aromatic hydroxyl groups is 1. The number of phenolic OH excluding ortho intramolecular Hbond substituents is 1. The second-order valence-corrected chi connectivity index (χ2v) is 6.07. The minimum atomic E-state index is -0.119. The molecule has 2 aromatic carbocycles. The van der Waals surface area contributed by atoms with Crippen LogP contribution in [0.25, 0.3) is 23.4 Å². The molecule has 0 amide bonds. The van der Waals surface area contributed by atoms with Crippen molar-refractivity contribution in [1.29, 1.82) is 0 Å². The van der Waals surface area contributed by atoms with Gasteiger partial charge < -0.3 is 5.11 Å². The Morgan fingerprint density at radius 3 is 2.68 bits per heavy atom. The Hall–Kier alpha value is -3.21. The van der Waals surface area contributed by atoms with Gasteiger partial charge in [-0.05, 0) is 41.8 Å². The molecule has 1 heterocycles. The number of aromatic nitrogens is 2. The summed E-state index contributed by atoms with van der Waals surface area (Å²) in [4.78, 5) is 10.9. The summed E-state index contributed by atoms with van der Waals surface area (Å²) in [6.07, 6.45) is 6.34. The van der Waals surface area contributed by atoms with E-state index in [1.807, 2.05) is 22.9 Å². The molecule has 0 bridgehead atoms. The fourth-order valence-corrected chi connectivity index (χ4v) is 3.19. The maximum Gasteiger partial charge on any atom is 0.150 e. The van der Waals surface area contributed by atoms with E-state index in [9.17, 15) is 10.0 Å². The molecule has 0 fully saturated rings. The minimum Gasteiger partial charge on any atom is -0.506 e. The highest BCUT2D eigenvalue weighted by Gasteiger charge is 2.13. The lowest BCUT2D eigenvalue weighted by atomic mass is 10.1. The lowest BCUT2D eigenvalue weighted by Crippen LogP contribution is -2.32. The molecule has 0 saturated heterocycles. The monoisotopic (exact) mass is 331 g/mol. The van der Waals surface area contributed by atoms with Crippen molar-refractivity contribution in [1.82, 2.24) is 9.78 Å². The van der Waals surface area contributed by atoms with Gasteiger partial charge in [-0.1, -0.05) is 42.5 Å². The average Bonchev–Trinajstić information content (AvgIpc) is 3.02. The van der Waals surface area contributed by atoms with E-state index in [4.69, 9.17) is 5.10 Å². The molecule has 5 nitrogen and oxygen atoms in total. The molecule has 0 aliphatic heterocycles. The molecule has 1 aliphatic rings. The third-order valence-electron chi connectivity index (χ3n) is 4.41. The van der Waals surface area contributed by atoms with E-state index in [0.29, 0.717) is 6.54 Å². The maximum absolute atomic E-state index is 10.9. The van der Waals surface area contributed by atoms with Crippen LogP contribution in [0.15, 0.2) is 53.7 Å². The van der Waals surface area contributed by atoms with Crippen molar-refractivity contribution >= 4 is 17.8 Å². The summed E-state index contributed by atoms with van der Waals surface area (Å²) < 4.78 is 2.00. The van der Waals surface area contributed by atoms with Crippen molar-refractivity contribution in [3.05, 3.63) is 69.6 Å². The van der Waals surface area contributed by atoms with Gasteiger partial charge in [-0.15, -0.1) is 4.91 Å². The fraction of sp³-hybridized carbons (Fsp3) is 0.150. The van der Waals surface area contributed by atoms with Gasteiger partial charge in [0.25, 0.3) is 0 Å². The topological polar surface area (TPSA) is 67.5 Å². The number of rotatable bonds is 4. The van der Waals surface area contributed by atoms with Crippen LogP contribution in [-0.4, -0.2) is 14.9 Å². The molecule has 1 aliphatic carbocycles. The molecule has 0 spiro atoms. The number of phenols is 1. The summed E-state index contributed by atoms with van der Waals surface area (Å²) in [5.74, 6) is -0.119. The minimum absolute atomic E-state index is 0.0312. The summed E-state index contributed by atoms with van der Waals surface area (Å²) >= 11 is 0. The molecule has 1 N–H and O–H groups in total. The number of nitrogens with zero attached hydrogens (tertiary/aromatic N) is 3. The number of hydrogen-bond donors (Lipinski definition) is 1.